The van der Waals surface area contributed by atoms with Crippen LogP contribution in [0.1, 0.15) is 31.9 Å². The van der Waals surface area contributed by atoms with E-state index in [9.17, 15) is 4.79 Å². The van der Waals surface area contributed by atoms with Gasteiger partial charge in [-0.1, -0.05) is 30.3 Å². The summed E-state index contributed by atoms with van der Waals surface area (Å²) < 4.78 is 0. The number of aliphatic imine (C=N–C) groups is 1. The molecule has 1 aromatic carbocycles. The van der Waals surface area contributed by atoms with Gasteiger partial charge in [-0.2, -0.15) is 0 Å². The number of nitrogens with one attached hydrogen (secondary N) is 1. The Bertz CT molecular complexity index is 686. The maximum Gasteiger partial charge on any atom is 0.219 e. The van der Waals surface area contributed by atoms with Gasteiger partial charge in [0.15, 0.2) is 5.96 Å². The van der Waals surface area contributed by atoms with Crippen molar-refractivity contribution in [2.45, 2.75) is 26.3 Å². The Labute approximate surface area is 181 Å². The van der Waals surface area contributed by atoms with E-state index in [0.717, 1.165) is 77.8 Å². The third-order valence-corrected chi connectivity index (χ3v) is 6.10. The minimum absolute atomic E-state index is 0.164. The number of rotatable bonds is 6. The number of hydrogen-bond donors (Lipinski definition) is 1. The fourth-order valence-electron chi connectivity index (χ4n) is 4.33. The molecule has 1 amide bonds. The Morgan fingerprint density at radius 2 is 1.77 bits per heavy atom. The van der Waals surface area contributed by atoms with E-state index in [1.54, 1.807) is 6.92 Å². The van der Waals surface area contributed by atoms with Crippen molar-refractivity contribution in [1.29, 1.82) is 0 Å². The first-order chi connectivity index (χ1) is 14.6. The van der Waals surface area contributed by atoms with Crippen LogP contribution in [-0.2, 0) is 4.79 Å². The van der Waals surface area contributed by atoms with Gasteiger partial charge in [-0.3, -0.25) is 14.7 Å². The molecule has 1 atom stereocenters. The summed E-state index contributed by atoms with van der Waals surface area (Å²) >= 11 is 0. The summed E-state index contributed by atoms with van der Waals surface area (Å²) in [6.07, 6.45) is 1.05. The predicted molar refractivity (Wildman–Crippen MR) is 123 cm³/mol. The van der Waals surface area contributed by atoms with Gasteiger partial charge >= 0.3 is 0 Å². The fourth-order valence-corrected chi connectivity index (χ4v) is 4.33. The molecule has 2 fully saturated rings. The Kier molecular flexibility index (Phi) is 8.51. The Morgan fingerprint density at radius 3 is 2.43 bits per heavy atom. The molecule has 0 saturated carbocycles. The number of hydrogen-bond acceptors (Lipinski definition) is 4. The monoisotopic (exact) mass is 414 g/mol. The summed E-state index contributed by atoms with van der Waals surface area (Å²) in [7, 11) is 2.21. The second kappa shape index (κ2) is 11.3. The molecule has 0 aromatic heterocycles. The van der Waals surface area contributed by atoms with Crippen LogP contribution in [0.25, 0.3) is 0 Å². The minimum atomic E-state index is 0.164. The lowest BCUT2D eigenvalue weighted by molar-refractivity contribution is -0.130. The number of benzene rings is 1. The molecular formula is C23H38N6O. The fraction of sp³-hybridized carbons (Fsp3) is 0.652. The van der Waals surface area contributed by atoms with Crippen LogP contribution >= 0.6 is 0 Å². The van der Waals surface area contributed by atoms with Crippen molar-refractivity contribution in [1.82, 2.24) is 24.9 Å². The molecule has 0 spiro atoms. The molecule has 1 unspecified atom stereocenters. The molecule has 3 rings (SSSR count). The number of amides is 1. The lowest BCUT2D eigenvalue weighted by atomic mass is 10.0. The number of nitrogens with zero attached hydrogens (tertiary/aromatic N) is 5. The van der Waals surface area contributed by atoms with E-state index in [1.807, 2.05) is 4.90 Å². The van der Waals surface area contributed by atoms with Crippen molar-refractivity contribution in [3.8, 4) is 0 Å². The Balaban J connectivity index is 1.53. The van der Waals surface area contributed by atoms with Crippen LogP contribution in [-0.4, -0.2) is 104 Å². The van der Waals surface area contributed by atoms with Crippen LogP contribution in [0.3, 0.4) is 0 Å². The van der Waals surface area contributed by atoms with Crippen LogP contribution in [0.15, 0.2) is 35.3 Å². The normalized spacial score (nSPS) is 21.7. The van der Waals surface area contributed by atoms with Crippen LogP contribution in [0, 0.1) is 0 Å². The van der Waals surface area contributed by atoms with Crippen molar-refractivity contribution in [3.05, 3.63) is 35.9 Å². The second-order valence-electron chi connectivity index (χ2n) is 8.31. The van der Waals surface area contributed by atoms with Gasteiger partial charge < -0.3 is 20.0 Å². The van der Waals surface area contributed by atoms with Crippen LogP contribution in [0.5, 0.6) is 0 Å². The third-order valence-electron chi connectivity index (χ3n) is 6.10. The molecule has 30 heavy (non-hydrogen) atoms. The van der Waals surface area contributed by atoms with Crippen molar-refractivity contribution in [3.63, 3.8) is 0 Å². The molecule has 2 saturated heterocycles. The molecule has 2 aliphatic heterocycles. The van der Waals surface area contributed by atoms with Crippen molar-refractivity contribution >= 4 is 11.9 Å². The average Bonchev–Trinajstić information content (AvgIpc) is 2.77. The molecule has 0 radical (unpaired) electrons. The quantitative estimate of drug-likeness (QED) is 0.434. The minimum Gasteiger partial charge on any atom is -0.357 e. The second-order valence-corrected chi connectivity index (χ2v) is 8.31. The molecule has 1 N–H and O–H groups in total. The molecule has 2 aliphatic rings. The van der Waals surface area contributed by atoms with Gasteiger partial charge in [-0.05, 0) is 26.0 Å². The standard InChI is InChI=1S/C23H38N6O/c1-4-24-23(29-17-15-27(16-18-29)20(2)30)25-11-8-12-28-14-13-26(3)19-22(28)21-9-6-5-7-10-21/h5-7,9-10,22H,4,8,11-19H2,1-3H3,(H,24,25). The number of piperazine rings is 2. The zero-order valence-corrected chi connectivity index (χ0v) is 18.9. The average molecular weight is 415 g/mol. The van der Waals surface area contributed by atoms with Gasteiger partial charge in [0.25, 0.3) is 0 Å². The Morgan fingerprint density at radius 1 is 1.07 bits per heavy atom. The molecule has 1 aromatic rings. The van der Waals surface area contributed by atoms with Crippen LogP contribution < -0.4 is 5.32 Å². The zero-order valence-electron chi connectivity index (χ0n) is 18.9. The van der Waals surface area contributed by atoms with Crippen LogP contribution in [0.2, 0.25) is 0 Å². The highest BCUT2D eigenvalue weighted by Crippen LogP contribution is 2.24. The van der Waals surface area contributed by atoms with Crippen molar-refractivity contribution < 1.29 is 4.79 Å². The molecule has 166 valence electrons. The summed E-state index contributed by atoms with van der Waals surface area (Å²) in [5.41, 5.74) is 1.41. The van der Waals surface area contributed by atoms with Gasteiger partial charge in [0, 0.05) is 78.4 Å². The lowest BCUT2D eigenvalue weighted by Gasteiger charge is -2.40. The largest absolute Gasteiger partial charge is 0.357 e. The van der Waals surface area contributed by atoms with E-state index in [2.05, 4.69) is 64.3 Å². The van der Waals surface area contributed by atoms with E-state index >= 15 is 0 Å². The third kappa shape index (κ3) is 6.19. The number of carbonyl (C=O) groups is 1. The maximum absolute atomic E-state index is 11.6. The van der Waals surface area contributed by atoms with Gasteiger partial charge in [0.1, 0.15) is 0 Å². The summed E-state index contributed by atoms with van der Waals surface area (Å²) in [5, 5.41) is 3.43. The lowest BCUT2D eigenvalue weighted by Crippen LogP contribution is -2.53. The molecular weight excluding hydrogens is 376 g/mol. The van der Waals surface area contributed by atoms with Gasteiger partial charge in [0.2, 0.25) is 5.91 Å². The predicted octanol–water partition coefficient (Wildman–Crippen LogP) is 1.49. The van der Waals surface area contributed by atoms with E-state index in [1.165, 1.54) is 5.56 Å². The van der Waals surface area contributed by atoms with Crippen LogP contribution in [0.4, 0.5) is 0 Å². The SMILES string of the molecule is CCNC(=NCCCN1CCN(C)CC1c1ccccc1)N1CCN(C(C)=O)CC1. The van der Waals surface area contributed by atoms with Gasteiger partial charge in [0.05, 0.1) is 0 Å². The number of guanidine groups is 1. The molecule has 7 nitrogen and oxygen atoms in total. The van der Waals surface area contributed by atoms with E-state index in [0.29, 0.717) is 6.04 Å². The molecule has 0 aliphatic carbocycles. The molecule has 0 bridgehead atoms. The molecule has 2 heterocycles. The van der Waals surface area contributed by atoms with E-state index in [4.69, 9.17) is 4.99 Å². The summed E-state index contributed by atoms with van der Waals surface area (Å²) in [5.74, 6) is 1.15. The summed E-state index contributed by atoms with van der Waals surface area (Å²) in [6, 6.07) is 11.3. The first kappa shape index (κ1) is 22.6. The summed E-state index contributed by atoms with van der Waals surface area (Å²) in [6.45, 7) is 13.1. The highest BCUT2D eigenvalue weighted by molar-refractivity contribution is 5.80. The topological polar surface area (TPSA) is 54.4 Å². The van der Waals surface area contributed by atoms with Gasteiger partial charge in [-0.25, -0.2) is 0 Å². The van der Waals surface area contributed by atoms with Gasteiger partial charge in [-0.15, -0.1) is 0 Å². The molecule has 7 heteroatoms. The Hall–Kier alpha value is -2.12. The van der Waals surface area contributed by atoms with Crippen molar-refractivity contribution in [2.24, 2.45) is 4.99 Å². The highest BCUT2D eigenvalue weighted by Gasteiger charge is 2.26. The number of carbonyl (C=O) groups excluding carboxylic acids is 1. The summed E-state index contributed by atoms with van der Waals surface area (Å²) in [4.78, 5) is 25.7. The van der Waals surface area contributed by atoms with E-state index < -0.39 is 0 Å². The first-order valence-corrected chi connectivity index (χ1v) is 11.3. The highest BCUT2D eigenvalue weighted by atomic mass is 16.2. The number of likely N-dealkylation sites (N-methyl/N-ethyl adjacent to an activating group) is 1. The van der Waals surface area contributed by atoms with Crippen molar-refractivity contribution in [2.75, 3.05) is 72.5 Å². The zero-order chi connectivity index (χ0) is 21.3. The smallest absolute Gasteiger partial charge is 0.219 e. The first-order valence-electron chi connectivity index (χ1n) is 11.3. The van der Waals surface area contributed by atoms with E-state index in [-0.39, 0.29) is 5.91 Å². The maximum atomic E-state index is 11.6.